The minimum atomic E-state index is -6.46. The molecule has 0 saturated carbocycles. The van der Waals surface area contributed by atoms with Crippen LogP contribution in [0.1, 0.15) is 55.5 Å². The van der Waals surface area contributed by atoms with Crippen LogP contribution in [0.2, 0.25) is 5.02 Å². The Kier molecular flexibility index (Phi) is 11.0. The Morgan fingerprint density at radius 3 is 1.93 bits per heavy atom. The van der Waals surface area contributed by atoms with Gasteiger partial charge >= 0.3 is 24.2 Å². The number of benzene rings is 3. The van der Waals surface area contributed by atoms with Crippen LogP contribution in [-0.2, 0) is 18.3 Å². The molecule has 0 spiro atoms. The van der Waals surface area contributed by atoms with Gasteiger partial charge in [0.25, 0.3) is 11.8 Å². The van der Waals surface area contributed by atoms with Gasteiger partial charge < -0.3 is 10.6 Å². The topological polar surface area (TPSA) is 58.2 Å². The van der Waals surface area contributed by atoms with E-state index in [1.165, 1.54) is 55.1 Å². The molecule has 0 unspecified atom stereocenters. The van der Waals surface area contributed by atoms with E-state index in [9.17, 15) is 53.5 Å². The Balaban J connectivity index is 1.92. The minimum Gasteiger partial charge on any atom is -0.349 e. The molecular weight excluding hydrogens is 678 g/mol. The van der Waals surface area contributed by atoms with Crippen molar-refractivity contribution in [3.63, 3.8) is 0 Å². The number of amides is 2. The van der Waals surface area contributed by atoms with Crippen LogP contribution in [0.25, 0.3) is 0 Å². The number of aryl methyl sites for hydroxylation is 1. The first kappa shape index (κ1) is 37.0. The summed E-state index contributed by atoms with van der Waals surface area (Å²) in [5.74, 6) is -12.7. The first-order chi connectivity index (χ1) is 21.1. The quantitative estimate of drug-likeness (QED) is 0.207. The SMILES string of the molecule is CSC[C@H](C)NC(=O)c1c(Cl)cccc1C(=O)Nc1ccc(Cc2ccc(C(F)(F)C(F)(F)F)c(C(F)(F)C(F)(F)F)c2)cc1C. The van der Waals surface area contributed by atoms with Gasteiger partial charge in [0, 0.05) is 28.6 Å². The number of carbonyl (C=O) groups excluding carboxylic acids is 2. The highest BCUT2D eigenvalue weighted by molar-refractivity contribution is 7.98. The van der Waals surface area contributed by atoms with E-state index in [0.29, 0.717) is 17.4 Å². The van der Waals surface area contributed by atoms with Crippen LogP contribution >= 0.6 is 23.4 Å². The second-order valence-electron chi connectivity index (χ2n) is 10.3. The van der Waals surface area contributed by atoms with Gasteiger partial charge in [0.1, 0.15) is 0 Å². The van der Waals surface area contributed by atoms with Gasteiger partial charge in [0.2, 0.25) is 0 Å². The normalized spacial score (nSPS) is 13.3. The fourth-order valence-corrected chi connectivity index (χ4v) is 5.32. The van der Waals surface area contributed by atoms with Crippen molar-refractivity contribution in [2.24, 2.45) is 0 Å². The van der Waals surface area contributed by atoms with Crippen molar-refractivity contribution in [1.29, 1.82) is 0 Å². The lowest BCUT2D eigenvalue weighted by Gasteiger charge is -2.28. The van der Waals surface area contributed by atoms with Crippen molar-refractivity contribution in [2.45, 2.75) is 50.5 Å². The van der Waals surface area contributed by atoms with Crippen LogP contribution in [0.5, 0.6) is 0 Å². The molecule has 16 heteroatoms. The molecule has 0 fully saturated rings. The van der Waals surface area contributed by atoms with E-state index in [-0.39, 0.29) is 45.6 Å². The van der Waals surface area contributed by atoms with E-state index in [2.05, 4.69) is 10.6 Å². The smallest absolute Gasteiger partial charge is 0.349 e. The Labute approximate surface area is 265 Å². The molecule has 2 N–H and O–H groups in total. The lowest BCUT2D eigenvalue weighted by molar-refractivity contribution is -0.301. The van der Waals surface area contributed by atoms with Gasteiger partial charge in [0.05, 0.1) is 16.1 Å². The predicted octanol–water partition coefficient (Wildman–Crippen LogP) is 9.28. The summed E-state index contributed by atoms with van der Waals surface area (Å²) < 4.78 is 135. The van der Waals surface area contributed by atoms with Crippen LogP contribution in [0, 0.1) is 6.92 Å². The maximum absolute atomic E-state index is 14.2. The van der Waals surface area contributed by atoms with Crippen LogP contribution in [0.4, 0.5) is 49.6 Å². The van der Waals surface area contributed by atoms with Crippen LogP contribution in [0.3, 0.4) is 0 Å². The Hall–Kier alpha value is -3.46. The lowest BCUT2D eigenvalue weighted by Crippen LogP contribution is -2.40. The van der Waals surface area contributed by atoms with Crippen molar-refractivity contribution >= 4 is 40.9 Å². The van der Waals surface area contributed by atoms with Crippen LogP contribution < -0.4 is 10.6 Å². The van der Waals surface area contributed by atoms with E-state index in [4.69, 9.17) is 11.6 Å². The average Bonchev–Trinajstić information content (AvgIpc) is 2.93. The summed E-state index contributed by atoms with van der Waals surface area (Å²) in [6, 6.07) is 8.58. The van der Waals surface area contributed by atoms with Crippen molar-refractivity contribution in [3.8, 4) is 0 Å². The molecule has 2 amide bonds. The molecule has 250 valence electrons. The van der Waals surface area contributed by atoms with Gasteiger partial charge in [-0.2, -0.15) is 55.7 Å². The molecule has 0 radical (unpaired) electrons. The maximum Gasteiger partial charge on any atom is 0.458 e. The van der Waals surface area contributed by atoms with E-state index in [1.807, 2.05) is 6.26 Å². The molecule has 0 aliphatic heterocycles. The molecule has 46 heavy (non-hydrogen) atoms. The molecule has 3 aromatic rings. The van der Waals surface area contributed by atoms with Crippen LogP contribution in [-0.4, -0.2) is 42.2 Å². The molecule has 3 rings (SSSR count). The standard InChI is InChI=1S/C30H25ClF10N2O2S/c1-15-11-17(12-18-7-9-20(27(32,33)29(36,37)38)21(13-18)28(34,35)30(39,40)41)8-10-23(15)43-25(44)19-5-4-6-22(31)24(19)26(45)42-16(2)14-46-3/h4-11,13,16H,12,14H2,1-3H3,(H,42,45)(H,43,44)/t16-/m0/s1. The molecule has 0 heterocycles. The zero-order valence-corrected chi connectivity index (χ0v) is 25.6. The van der Waals surface area contributed by atoms with Crippen molar-refractivity contribution in [2.75, 3.05) is 17.3 Å². The van der Waals surface area contributed by atoms with Gasteiger partial charge in [-0.1, -0.05) is 41.9 Å². The first-order valence-corrected chi connectivity index (χ1v) is 14.9. The number of carbonyl (C=O) groups is 2. The highest BCUT2D eigenvalue weighted by Crippen LogP contribution is 2.52. The Morgan fingerprint density at radius 1 is 0.804 bits per heavy atom. The summed E-state index contributed by atoms with van der Waals surface area (Å²) in [5.41, 5.74) is -4.79. The van der Waals surface area contributed by atoms with Gasteiger partial charge in [-0.05, 0) is 67.5 Å². The number of halogens is 11. The second-order valence-corrected chi connectivity index (χ2v) is 11.6. The largest absolute Gasteiger partial charge is 0.458 e. The Bertz CT molecular complexity index is 1610. The number of nitrogens with one attached hydrogen (secondary N) is 2. The van der Waals surface area contributed by atoms with Gasteiger partial charge in [-0.3, -0.25) is 9.59 Å². The number of anilines is 1. The third-order valence-electron chi connectivity index (χ3n) is 6.70. The first-order valence-electron chi connectivity index (χ1n) is 13.1. The summed E-state index contributed by atoms with van der Waals surface area (Å²) >= 11 is 7.72. The third-order valence-corrected chi connectivity index (χ3v) is 7.85. The van der Waals surface area contributed by atoms with E-state index >= 15 is 0 Å². The number of hydrogen-bond donors (Lipinski definition) is 2. The number of hydrogen-bond acceptors (Lipinski definition) is 3. The highest BCUT2D eigenvalue weighted by Gasteiger charge is 2.65. The molecule has 1 atom stereocenters. The highest BCUT2D eigenvalue weighted by atomic mass is 35.5. The number of thioether (sulfide) groups is 1. The van der Waals surface area contributed by atoms with E-state index < -0.39 is 59.1 Å². The van der Waals surface area contributed by atoms with Gasteiger partial charge in [-0.25, -0.2) is 0 Å². The fraction of sp³-hybridized carbons (Fsp3) is 0.333. The van der Waals surface area contributed by atoms with Crippen molar-refractivity contribution in [1.82, 2.24) is 5.32 Å². The zero-order valence-electron chi connectivity index (χ0n) is 24.1. The molecule has 0 aliphatic carbocycles. The summed E-state index contributed by atoms with van der Waals surface area (Å²) in [6.45, 7) is 3.27. The molecule has 0 saturated heterocycles. The molecule has 0 aliphatic rings. The fourth-order valence-electron chi connectivity index (χ4n) is 4.47. The number of alkyl halides is 10. The molecule has 4 nitrogen and oxygen atoms in total. The predicted molar refractivity (Wildman–Crippen MR) is 155 cm³/mol. The monoisotopic (exact) mass is 702 g/mol. The van der Waals surface area contributed by atoms with Crippen molar-refractivity contribution < 1.29 is 53.5 Å². The summed E-state index contributed by atoms with van der Waals surface area (Å²) in [7, 11) is 0. The molecule has 3 aromatic carbocycles. The molecular formula is C30H25ClF10N2O2S. The number of rotatable bonds is 10. The minimum absolute atomic E-state index is 0.0167. The lowest BCUT2D eigenvalue weighted by atomic mass is 9.91. The van der Waals surface area contributed by atoms with E-state index in [1.54, 1.807) is 6.92 Å². The maximum atomic E-state index is 14.2. The van der Waals surface area contributed by atoms with E-state index in [0.717, 1.165) is 0 Å². The molecule has 0 aromatic heterocycles. The molecule has 0 bridgehead atoms. The Morgan fingerprint density at radius 2 is 1.37 bits per heavy atom. The summed E-state index contributed by atoms with van der Waals surface area (Å²) in [5, 5.41) is 5.37. The van der Waals surface area contributed by atoms with Crippen molar-refractivity contribution in [3.05, 3.63) is 98.6 Å². The average molecular weight is 703 g/mol. The van der Waals surface area contributed by atoms with Gasteiger partial charge in [-0.15, -0.1) is 0 Å². The van der Waals surface area contributed by atoms with Crippen LogP contribution in [0.15, 0.2) is 54.6 Å². The second kappa shape index (κ2) is 13.7. The van der Waals surface area contributed by atoms with Gasteiger partial charge in [0.15, 0.2) is 0 Å². The summed E-state index contributed by atoms with van der Waals surface area (Å²) in [6.07, 6.45) is -11.5. The summed E-state index contributed by atoms with van der Waals surface area (Å²) in [4.78, 5) is 26.1. The zero-order chi connectivity index (χ0) is 34.8. The third kappa shape index (κ3) is 7.91.